The van der Waals surface area contributed by atoms with Crippen molar-refractivity contribution in [3.8, 4) is 11.4 Å². The average molecular weight is 294 g/mol. The number of anilines is 1. The van der Waals surface area contributed by atoms with Crippen LogP contribution in [0.15, 0.2) is 54.6 Å². The van der Waals surface area contributed by atoms with Crippen molar-refractivity contribution in [3.63, 3.8) is 0 Å². The van der Waals surface area contributed by atoms with Crippen LogP contribution in [0.3, 0.4) is 0 Å². The highest BCUT2D eigenvalue weighted by atomic mass is 16.2. The van der Waals surface area contributed by atoms with Crippen LogP contribution in [-0.2, 0) is 6.54 Å². The highest BCUT2D eigenvalue weighted by Gasteiger charge is 2.06. The molecule has 0 aliphatic rings. The van der Waals surface area contributed by atoms with Gasteiger partial charge in [0.25, 0.3) is 0 Å². The smallest absolute Gasteiger partial charge is 0.319 e. The van der Waals surface area contributed by atoms with Crippen LogP contribution >= 0.6 is 0 Å². The maximum Gasteiger partial charge on any atom is 0.319 e. The summed E-state index contributed by atoms with van der Waals surface area (Å²) in [4.78, 5) is 11.9. The molecule has 0 saturated carbocycles. The third-order valence-corrected chi connectivity index (χ3v) is 3.02. The lowest BCUT2D eigenvalue weighted by Gasteiger charge is -2.08. The van der Waals surface area contributed by atoms with E-state index in [1.54, 1.807) is 12.1 Å². The van der Waals surface area contributed by atoms with Crippen LogP contribution in [0.1, 0.15) is 5.56 Å². The predicted octanol–water partition coefficient (Wildman–Crippen LogP) is 2.19. The molecule has 22 heavy (non-hydrogen) atoms. The number of benzene rings is 2. The van der Waals surface area contributed by atoms with E-state index in [4.69, 9.17) is 0 Å². The van der Waals surface area contributed by atoms with Gasteiger partial charge in [-0.1, -0.05) is 42.5 Å². The van der Waals surface area contributed by atoms with Crippen molar-refractivity contribution >= 4 is 11.7 Å². The number of hydrogen-bond acceptors (Lipinski definition) is 4. The molecule has 3 rings (SSSR count). The number of nitrogens with one attached hydrogen (secondary N) is 3. The normalized spacial score (nSPS) is 10.2. The number of amides is 2. The fourth-order valence-electron chi connectivity index (χ4n) is 1.97. The van der Waals surface area contributed by atoms with Gasteiger partial charge in [-0.15, -0.1) is 10.2 Å². The van der Waals surface area contributed by atoms with Crippen LogP contribution in [-0.4, -0.2) is 26.7 Å². The molecular weight excluding hydrogens is 280 g/mol. The van der Waals surface area contributed by atoms with E-state index in [0.29, 0.717) is 18.1 Å². The first-order valence-electron chi connectivity index (χ1n) is 6.74. The summed E-state index contributed by atoms with van der Waals surface area (Å²) in [6, 6.07) is 16.7. The number of carbonyl (C=O) groups is 1. The Bertz CT molecular complexity index is 742. The first-order valence-corrected chi connectivity index (χ1v) is 6.74. The molecule has 0 unspecified atom stereocenters. The number of H-pyrrole nitrogens is 1. The maximum atomic E-state index is 11.9. The average Bonchev–Trinajstić information content (AvgIpc) is 3.09. The molecule has 0 fully saturated rings. The van der Waals surface area contributed by atoms with Crippen molar-refractivity contribution in [2.24, 2.45) is 0 Å². The van der Waals surface area contributed by atoms with Gasteiger partial charge in [0.05, 0.1) is 0 Å². The fraction of sp³-hybridized carbons (Fsp3) is 0.0667. The van der Waals surface area contributed by atoms with Crippen LogP contribution in [0.25, 0.3) is 11.4 Å². The van der Waals surface area contributed by atoms with Crippen LogP contribution in [0.2, 0.25) is 0 Å². The van der Waals surface area contributed by atoms with Crippen LogP contribution in [0, 0.1) is 0 Å². The van der Waals surface area contributed by atoms with Crippen molar-refractivity contribution in [1.82, 2.24) is 25.9 Å². The largest absolute Gasteiger partial charge is 0.334 e. The van der Waals surface area contributed by atoms with Gasteiger partial charge in [-0.05, 0) is 22.9 Å². The Morgan fingerprint density at radius 2 is 1.95 bits per heavy atom. The summed E-state index contributed by atoms with van der Waals surface area (Å²) in [5, 5.41) is 19.3. The molecule has 0 aliphatic heterocycles. The van der Waals surface area contributed by atoms with Gasteiger partial charge < -0.3 is 10.6 Å². The van der Waals surface area contributed by atoms with E-state index in [0.717, 1.165) is 11.1 Å². The molecule has 1 aromatic heterocycles. The van der Waals surface area contributed by atoms with Gasteiger partial charge in [0.15, 0.2) is 0 Å². The van der Waals surface area contributed by atoms with Gasteiger partial charge in [-0.25, -0.2) is 4.79 Å². The van der Waals surface area contributed by atoms with Crippen LogP contribution < -0.4 is 10.6 Å². The number of rotatable bonds is 4. The Labute approximate surface area is 126 Å². The van der Waals surface area contributed by atoms with E-state index in [2.05, 4.69) is 31.3 Å². The second kappa shape index (κ2) is 6.49. The Balaban J connectivity index is 1.61. The minimum absolute atomic E-state index is 0.269. The minimum Gasteiger partial charge on any atom is -0.334 e. The van der Waals surface area contributed by atoms with E-state index in [1.165, 1.54) is 0 Å². The SMILES string of the molecule is O=C(NCc1ccccc1)Nc1cccc(-c2nn[nH]n2)c1. The summed E-state index contributed by atoms with van der Waals surface area (Å²) >= 11 is 0. The molecule has 0 radical (unpaired) electrons. The lowest BCUT2D eigenvalue weighted by molar-refractivity contribution is 0.251. The molecule has 110 valence electrons. The van der Waals surface area contributed by atoms with Crippen molar-refractivity contribution < 1.29 is 4.79 Å². The molecule has 7 heteroatoms. The molecule has 0 atom stereocenters. The predicted molar refractivity (Wildman–Crippen MR) is 81.9 cm³/mol. The van der Waals surface area contributed by atoms with E-state index in [9.17, 15) is 4.79 Å². The zero-order chi connectivity index (χ0) is 15.2. The van der Waals surface area contributed by atoms with Crippen molar-refractivity contribution in [1.29, 1.82) is 0 Å². The fourth-order valence-corrected chi connectivity index (χ4v) is 1.97. The summed E-state index contributed by atoms with van der Waals surface area (Å²) in [5.41, 5.74) is 2.47. The highest BCUT2D eigenvalue weighted by Crippen LogP contribution is 2.18. The molecule has 0 spiro atoms. The Morgan fingerprint density at radius 1 is 1.09 bits per heavy atom. The zero-order valence-electron chi connectivity index (χ0n) is 11.7. The summed E-state index contributed by atoms with van der Waals surface area (Å²) in [7, 11) is 0. The monoisotopic (exact) mass is 294 g/mol. The summed E-state index contributed by atoms with van der Waals surface area (Å²) < 4.78 is 0. The van der Waals surface area contributed by atoms with Crippen molar-refractivity contribution in [3.05, 3.63) is 60.2 Å². The standard InChI is InChI=1S/C15H14N6O/c22-15(16-10-11-5-2-1-3-6-11)17-13-8-4-7-12(9-13)14-18-20-21-19-14/h1-9H,10H2,(H2,16,17,22)(H,18,19,20,21). The third-order valence-electron chi connectivity index (χ3n) is 3.02. The van der Waals surface area contributed by atoms with Crippen molar-refractivity contribution in [2.75, 3.05) is 5.32 Å². The maximum absolute atomic E-state index is 11.9. The topological polar surface area (TPSA) is 95.6 Å². The Morgan fingerprint density at radius 3 is 2.73 bits per heavy atom. The molecule has 0 aliphatic carbocycles. The quantitative estimate of drug-likeness (QED) is 0.687. The number of urea groups is 1. The van der Waals surface area contributed by atoms with E-state index >= 15 is 0 Å². The Hall–Kier alpha value is -3.22. The lowest BCUT2D eigenvalue weighted by atomic mass is 10.2. The van der Waals surface area contributed by atoms with Crippen molar-refractivity contribution in [2.45, 2.75) is 6.54 Å². The summed E-state index contributed by atoms with van der Waals surface area (Å²) in [5.74, 6) is 0.480. The molecule has 3 aromatic rings. The van der Waals surface area contributed by atoms with E-state index < -0.39 is 0 Å². The third kappa shape index (κ3) is 3.45. The number of aromatic nitrogens is 4. The zero-order valence-corrected chi connectivity index (χ0v) is 11.7. The highest BCUT2D eigenvalue weighted by molar-refractivity contribution is 5.89. The van der Waals surface area contributed by atoms with Gasteiger partial charge in [-0.3, -0.25) is 0 Å². The number of nitrogens with zero attached hydrogens (tertiary/aromatic N) is 3. The summed E-state index contributed by atoms with van der Waals surface area (Å²) in [6.45, 7) is 0.469. The lowest BCUT2D eigenvalue weighted by Crippen LogP contribution is -2.28. The molecule has 3 N–H and O–H groups in total. The second-order valence-electron chi connectivity index (χ2n) is 4.61. The van der Waals surface area contributed by atoms with Gasteiger partial charge in [-0.2, -0.15) is 5.21 Å². The number of tetrazole rings is 1. The van der Waals surface area contributed by atoms with Crippen LogP contribution in [0.4, 0.5) is 10.5 Å². The number of carbonyl (C=O) groups excluding carboxylic acids is 1. The van der Waals surface area contributed by atoms with E-state index in [1.807, 2.05) is 42.5 Å². The van der Waals surface area contributed by atoms with Gasteiger partial charge in [0.2, 0.25) is 5.82 Å². The number of aromatic amines is 1. The number of hydrogen-bond donors (Lipinski definition) is 3. The Kier molecular flexibility index (Phi) is 4.05. The van der Waals surface area contributed by atoms with E-state index in [-0.39, 0.29) is 6.03 Å². The van der Waals surface area contributed by atoms with Crippen LogP contribution in [0.5, 0.6) is 0 Å². The molecule has 0 bridgehead atoms. The molecule has 2 aromatic carbocycles. The molecule has 7 nitrogen and oxygen atoms in total. The second-order valence-corrected chi connectivity index (χ2v) is 4.61. The summed E-state index contributed by atoms with van der Waals surface area (Å²) in [6.07, 6.45) is 0. The first-order chi connectivity index (χ1) is 10.8. The first kappa shape index (κ1) is 13.7. The van der Waals surface area contributed by atoms with Gasteiger partial charge in [0, 0.05) is 17.8 Å². The minimum atomic E-state index is -0.269. The van der Waals surface area contributed by atoms with Gasteiger partial charge in [0.1, 0.15) is 0 Å². The molecule has 1 heterocycles. The molecule has 2 amide bonds. The molecule has 0 saturated heterocycles. The molecular formula is C15H14N6O. The van der Waals surface area contributed by atoms with Gasteiger partial charge >= 0.3 is 6.03 Å².